The Morgan fingerprint density at radius 3 is 1.87 bits per heavy atom. The first-order valence-electron chi connectivity index (χ1n) is 9.09. The summed E-state index contributed by atoms with van der Waals surface area (Å²) in [5.41, 5.74) is 5.48. The molecule has 0 spiro atoms. The van der Waals surface area contributed by atoms with Gasteiger partial charge in [0, 0.05) is 11.5 Å². The number of carbonyl (C=O) groups is 5. The molecule has 0 radical (unpaired) electrons. The monoisotopic (exact) mass is 466 g/mol. The van der Waals surface area contributed by atoms with Crippen LogP contribution in [-0.2, 0) is 24.0 Å². The van der Waals surface area contributed by atoms with E-state index >= 15 is 0 Å². The lowest BCUT2D eigenvalue weighted by atomic mass is 10.1. The van der Waals surface area contributed by atoms with E-state index in [9.17, 15) is 29.1 Å². The normalized spacial score (nSPS) is 15.9. The van der Waals surface area contributed by atoms with Crippen LogP contribution in [0, 0.1) is 0 Å². The van der Waals surface area contributed by atoms with Crippen molar-refractivity contribution in [3.63, 3.8) is 0 Å². The van der Waals surface area contributed by atoms with Crippen molar-refractivity contribution in [3.05, 3.63) is 0 Å². The number of carbonyl (C=O) groups excluding carboxylic acids is 4. The standard InChI is InChI=1S/C17H30N4O7S2/c1-8(22)12(20-16(27)11(18)5-14(25)26)6-29-30-7-13(19-4)17(28)21-15(9(2)23)10(3)24/h9,11-13,15,19,23H,5-7,18H2,1-4H3,(H,20,27)(H,21,28)(H,25,26)/t9-,11+,12+,13+,15+/m1/s1. The maximum absolute atomic E-state index is 12.3. The maximum atomic E-state index is 12.3. The SMILES string of the molecule is CN[C@@H](CSSC[C@H](NC(=O)[C@@H](N)CC(=O)O)C(C)=O)C(=O)N[C@H](C(C)=O)[C@@H](C)O. The minimum Gasteiger partial charge on any atom is -0.481 e. The highest BCUT2D eigenvalue weighted by Gasteiger charge is 2.27. The van der Waals surface area contributed by atoms with Crippen LogP contribution in [0.4, 0.5) is 0 Å². The largest absolute Gasteiger partial charge is 0.481 e. The van der Waals surface area contributed by atoms with Gasteiger partial charge in [-0.25, -0.2) is 0 Å². The zero-order chi connectivity index (χ0) is 23.4. The Balaban J connectivity index is 4.62. The fraction of sp³-hybridized carbons (Fsp3) is 0.706. The minimum atomic E-state index is -1.26. The number of aliphatic hydroxyl groups is 1. The number of nitrogens with one attached hydrogen (secondary N) is 3. The molecule has 7 N–H and O–H groups in total. The van der Waals surface area contributed by atoms with Crippen molar-refractivity contribution in [1.29, 1.82) is 0 Å². The highest BCUT2D eigenvalue weighted by Crippen LogP contribution is 2.23. The summed E-state index contributed by atoms with van der Waals surface area (Å²) >= 11 is 0. The molecule has 11 nitrogen and oxygen atoms in total. The van der Waals surface area contributed by atoms with E-state index in [2.05, 4.69) is 16.0 Å². The molecule has 0 bridgehead atoms. The molecular weight excluding hydrogens is 436 g/mol. The molecule has 30 heavy (non-hydrogen) atoms. The Labute approximate surface area is 183 Å². The first-order chi connectivity index (χ1) is 13.9. The van der Waals surface area contributed by atoms with Gasteiger partial charge in [-0.15, -0.1) is 0 Å². The van der Waals surface area contributed by atoms with E-state index in [1.165, 1.54) is 42.4 Å². The summed E-state index contributed by atoms with van der Waals surface area (Å²) in [7, 11) is 4.08. The lowest BCUT2D eigenvalue weighted by molar-refractivity contribution is -0.139. The number of aliphatic hydroxyl groups excluding tert-OH is 1. The molecule has 0 unspecified atom stereocenters. The van der Waals surface area contributed by atoms with Crippen molar-refractivity contribution in [2.75, 3.05) is 18.6 Å². The van der Waals surface area contributed by atoms with Crippen LogP contribution in [0.2, 0.25) is 0 Å². The summed E-state index contributed by atoms with van der Waals surface area (Å²) in [5, 5.41) is 26.0. The highest BCUT2D eigenvalue weighted by molar-refractivity contribution is 8.76. The summed E-state index contributed by atoms with van der Waals surface area (Å²) in [6.45, 7) is 3.97. The van der Waals surface area contributed by atoms with E-state index in [0.29, 0.717) is 0 Å². The number of ketones is 2. The van der Waals surface area contributed by atoms with Crippen LogP contribution in [0.3, 0.4) is 0 Å². The molecule has 5 atom stereocenters. The number of rotatable bonds is 15. The van der Waals surface area contributed by atoms with Crippen LogP contribution in [0.1, 0.15) is 27.2 Å². The zero-order valence-corrected chi connectivity index (χ0v) is 19.0. The predicted octanol–water partition coefficient (Wildman–Crippen LogP) is -1.71. The van der Waals surface area contributed by atoms with Gasteiger partial charge in [0.1, 0.15) is 6.04 Å². The third kappa shape index (κ3) is 10.9. The minimum absolute atomic E-state index is 0.188. The second-order valence-electron chi connectivity index (χ2n) is 6.62. The van der Waals surface area contributed by atoms with Gasteiger partial charge in [-0.2, -0.15) is 0 Å². The first-order valence-corrected chi connectivity index (χ1v) is 11.6. The Morgan fingerprint density at radius 1 is 0.933 bits per heavy atom. The molecule has 0 aromatic carbocycles. The molecule has 0 aromatic heterocycles. The van der Waals surface area contributed by atoms with Gasteiger partial charge in [-0.1, -0.05) is 21.6 Å². The van der Waals surface area contributed by atoms with E-state index in [-0.39, 0.29) is 23.1 Å². The van der Waals surface area contributed by atoms with Gasteiger partial charge in [0.25, 0.3) is 0 Å². The summed E-state index contributed by atoms with van der Waals surface area (Å²) < 4.78 is 0. The number of carboxylic acids is 1. The predicted molar refractivity (Wildman–Crippen MR) is 115 cm³/mol. The van der Waals surface area contributed by atoms with Crippen molar-refractivity contribution < 1.29 is 34.2 Å². The van der Waals surface area contributed by atoms with Crippen LogP contribution in [0.5, 0.6) is 0 Å². The van der Waals surface area contributed by atoms with Crippen molar-refractivity contribution in [2.24, 2.45) is 5.73 Å². The molecule has 0 aliphatic rings. The topological polar surface area (TPSA) is 188 Å². The Hall–Kier alpha value is -1.67. The number of hydrogen-bond donors (Lipinski definition) is 6. The quantitative estimate of drug-likeness (QED) is 0.119. The molecule has 0 fully saturated rings. The van der Waals surface area contributed by atoms with Gasteiger partial charge in [-0.3, -0.25) is 24.0 Å². The fourth-order valence-corrected chi connectivity index (χ4v) is 4.65. The summed E-state index contributed by atoms with van der Waals surface area (Å²) in [6.07, 6.45) is -1.58. The van der Waals surface area contributed by atoms with Crippen molar-refractivity contribution in [2.45, 2.75) is 57.5 Å². The number of carboxylic acid groups (broad SMARTS) is 1. The lowest BCUT2D eigenvalue weighted by Crippen LogP contribution is -2.53. The molecule has 0 aromatic rings. The average molecular weight is 467 g/mol. The number of nitrogens with two attached hydrogens (primary N) is 1. The second-order valence-corrected chi connectivity index (χ2v) is 9.18. The van der Waals surface area contributed by atoms with E-state index in [4.69, 9.17) is 10.8 Å². The number of Topliss-reactive ketones (excluding diaryl/α,β-unsaturated/α-hetero) is 2. The van der Waals surface area contributed by atoms with Gasteiger partial charge < -0.3 is 31.9 Å². The molecule has 13 heteroatoms. The van der Waals surface area contributed by atoms with Gasteiger partial charge in [0.05, 0.1) is 30.7 Å². The van der Waals surface area contributed by atoms with E-state index in [1.54, 1.807) is 7.05 Å². The highest BCUT2D eigenvalue weighted by atomic mass is 33.1. The number of likely N-dealkylation sites (N-methyl/N-ethyl adjacent to an activating group) is 1. The van der Waals surface area contributed by atoms with E-state index in [0.717, 1.165) is 0 Å². The van der Waals surface area contributed by atoms with Crippen LogP contribution in [-0.4, -0.2) is 88.4 Å². The second kappa shape index (κ2) is 14.4. The summed E-state index contributed by atoms with van der Waals surface area (Å²) in [6, 6.07) is -3.77. The van der Waals surface area contributed by atoms with Crippen molar-refractivity contribution in [3.8, 4) is 0 Å². The van der Waals surface area contributed by atoms with Crippen LogP contribution < -0.4 is 21.7 Å². The molecule has 0 saturated heterocycles. The Bertz CT molecular complexity index is 633. The van der Waals surface area contributed by atoms with E-state index in [1.807, 2.05) is 0 Å². The zero-order valence-electron chi connectivity index (χ0n) is 17.3. The van der Waals surface area contributed by atoms with Gasteiger partial charge in [0.2, 0.25) is 11.8 Å². The first kappa shape index (κ1) is 28.3. The fourth-order valence-electron chi connectivity index (χ4n) is 2.16. The van der Waals surface area contributed by atoms with Gasteiger partial charge >= 0.3 is 5.97 Å². The van der Waals surface area contributed by atoms with Gasteiger partial charge in [-0.05, 0) is 27.8 Å². The maximum Gasteiger partial charge on any atom is 0.305 e. The van der Waals surface area contributed by atoms with Crippen LogP contribution in [0.25, 0.3) is 0 Å². The summed E-state index contributed by atoms with van der Waals surface area (Å²) in [5.74, 6) is -2.62. The molecular formula is C17H30N4O7S2. The Kier molecular flexibility index (Phi) is 13.6. The van der Waals surface area contributed by atoms with Crippen molar-refractivity contribution in [1.82, 2.24) is 16.0 Å². The lowest BCUT2D eigenvalue weighted by Gasteiger charge is -2.22. The molecule has 0 heterocycles. The smallest absolute Gasteiger partial charge is 0.305 e. The van der Waals surface area contributed by atoms with Crippen LogP contribution >= 0.6 is 21.6 Å². The third-order valence-corrected chi connectivity index (χ3v) is 6.40. The van der Waals surface area contributed by atoms with Gasteiger partial charge in [0.15, 0.2) is 11.6 Å². The van der Waals surface area contributed by atoms with E-state index < -0.39 is 54.5 Å². The Morgan fingerprint density at radius 2 is 1.47 bits per heavy atom. The molecule has 0 aliphatic heterocycles. The number of hydrogen-bond acceptors (Lipinski definition) is 10. The molecule has 172 valence electrons. The third-order valence-electron chi connectivity index (χ3n) is 3.97. The number of aliphatic carboxylic acids is 1. The van der Waals surface area contributed by atoms with Crippen molar-refractivity contribution >= 4 is 50.9 Å². The van der Waals surface area contributed by atoms with Crippen LogP contribution in [0.15, 0.2) is 0 Å². The average Bonchev–Trinajstić information content (AvgIpc) is 2.63. The number of amides is 2. The molecule has 0 saturated carbocycles. The molecule has 0 rings (SSSR count). The summed E-state index contributed by atoms with van der Waals surface area (Å²) in [4.78, 5) is 58.1. The molecule has 2 amide bonds. The molecule has 0 aliphatic carbocycles.